The number of carbonyl (C=O) groups excluding carboxylic acids is 1. The topological polar surface area (TPSA) is 90.9 Å². The number of halogens is 2. The van der Waals surface area contributed by atoms with E-state index in [4.69, 9.17) is 28.0 Å². The number of aromatic hydroxyl groups is 2. The predicted molar refractivity (Wildman–Crippen MR) is 119 cm³/mol. The van der Waals surface area contributed by atoms with Crippen LogP contribution in [0.25, 0.3) is 11.0 Å². The van der Waals surface area contributed by atoms with Crippen molar-refractivity contribution in [1.29, 1.82) is 0 Å². The first kappa shape index (κ1) is 22.7. The van der Waals surface area contributed by atoms with Crippen LogP contribution in [0.15, 0.2) is 27.1 Å². The molecule has 138 valence electrons. The summed E-state index contributed by atoms with van der Waals surface area (Å²) in [5.74, 6) is 1.08. The fourth-order valence-corrected chi connectivity index (χ4v) is 3.13. The van der Waals surface area contributed by atoms with E-state index in [2.05, 4.69) is 31.9 Å². The molecule has 0 aliphatic heterocycles. The molecule has 0 unspecified atom stereocenters. The molecule has 1 aromatic heterocycles. The fourth-order valence-electron chi connectivity index (χ4n) is 2.75. The molecule has 3 N–H and O–H groups in total. The minimum Gasteiger partial charge on any atom is -0.509 e. The highest BCUT2D eigenvalue weighted by Crippen LogP contribution is 2.30. The smallest absolute Gasteiger partial charge is 0.197 e. The zero-order valence-corrected chi connectivity index (χ0v) is 18.0. The predicted octanol–water partition coefficient (Wildman–Crippen LogP) is 0.765. The first-order valence-electron chi connectivity index (χ1n) is 7.90. The van der Waals surface area contributed by atoms with Crippen LogP contribution in [0.5, 0.6) is 11.5 Å². The Morgan fingerprint density at radius 3 is 2.32 bits per heavy atom. The average Bonchev–Trinajstić information content (AvgIpc) is 3.07. The molecule has 0 amide bonds. The molecule has 2 aromatic carbocycles. The Morgan fingerprint density at radius 2 is 1.75 bits per heavy atom. The molecule has 3 rings (SSSR count). The second-order valence-electron chi connectivity index (χ2n) is 5.66. The van der Waals surface area contributed by atoms with Crippen molar-refractivity contribution >= 4 is 88.5 Å². The maximum atomic E-state index is 13.1. The number of aliphatic hydroxyl groups is 1. The van der Waals surface area contributed by atoms with E-state index in [0.717, 1.165) is 0 Å². The zero-order chi connectivity index (χ0) is 21.2. The first-order valence-corrected chi connectivity index (χ1v) is 10.3. The summed E-state index contributed by atoms with van der Waals surface area (Å²) in [5, 5.41) is 29.1. The van der Waals surface area contributed by atoms with Crippen LogP contribution in [0.2, 0.25) is 0 Å². The number of aliphatic hydroxyl groups excluding tert-OH is 1. The minimum absolute atomic E-state index is 0.0212. The number of fused-ring (bicyclic) bond motifs is 1. The molecule has 0 atom stereocenters. The SMILES string of the molecule is CBr.[B]c1c(O)c([B])c2oc(CCO)c(C(=O)c3ccc(O)c(Br)c3)c2c1[B]. The molecule has 10 heteroatoms. The van der Waals surface area contributed by atoms with Crippen LogP contribution in [0.4, 0.5) is 0 Å². The van der Waals surface area contributed by atoms with Crippen molar-refractivity contribution in [2.75, 3.05) is 12.4 Å². The molecule has 1 heterocycles. The third kappa shape index (κ3) is 3.90. The van der Waals surface area contributed by atoms with Crippen LogP contribution in [0.3, 0.4) is 0 Å². The van der Waals surface area contributed by atoms with Gasteiger partial charge in [-0.3, -0.25) is 4.79 Å². The van der Waals surface area contributed by atoms with E-state index >= 15 is 0 Å². The van der Waals surface area contributed by atoms with Gasteiger partial charge in [0.15, 0.2) is 5.78 Å². The lowest BCUT2D eigenvalue weighted by molar-refractivity contribution is 0.103. The summed E-state index contributed by atoms with van der Waals surface area (Å²) in [4.78, 5) is 13.1. The van der Waals surface area contributed by atoms with Crippen molar-refractivity contribution in [3.8, 4) is 11.5 Å². The average molecular weight is 502 g/mol. The number of hydrogen-bond donors (Lipinski definition) is 3. The van der Waals surface area contributed by atoms with E-state index < -0.39 is 11.5 Å². The van der Waals surface area contributed by atoms with Gasteiger partial charge in [0, 0.05) is 17.4 Å². The van der Waals surface area contributed by atoms with Gasteiger partial charge in [-0.1, -0.05) is 26.9 Å². The molecule has 3 aromatic rings. The normalized spacial score (nSPS) is 10.6. The van der Waals surface area contributed by atoms with E-state index in [-0.39, 0.29) is 63.0 Å². The van der Waals surface area contributed by atoms with Gasteiger partial charge >= 0.3 is 0 Å². The first-order chi connectivity index (χ1) is 13.3. The Hall–Kier alpha value is -1.64. The third-order valence-corrected chi connectivity index (χ3v) is 4.71. The van der Waals surface area contributed by atoms with Crippen LogP contribution in [-0.4, -0.2) is 57.1 Å². The lowest BCUT2D eigenvalue weighted by atomic mass is 9.73. The summed E-state index contributed by atoms with van der Waals surface area (Å²) < 4.78 is 5.96. The number of ketones is 1. The summed E-state index contributed by atoms with van der Waals surface area (Å²) in [6.07, 6.45) is 0.0363. The van der Waals surface area contributed by atoms with E-state index in [0.29, 0.717) is 4.47 Å². The van der Waals surface area contributed by atoms with Gasteiger partial charge in [0.05, 0.1) is 16.6 Å². The molecule has 0 saturated heterocycles. The van der Waals surface area contributed by atoms with E-state index in [9.17, 15) is 20.1 Å². The van der Waals surface area contributed by atoms with Gasteiger partial charge < -0.3 is 19.7 Å². The van der Waals surface area contributed by atoms with Crippen LogP contribution in [0.1, 0.15) is 21.7 Å². The fraction of sp³-hybridized carbons (Fsp3) is 0.167. The molecular weight excluding hydrogens is 488 g/mol. The molecule has 6 radical (unpaired) electrons. The lowest BCUT2D eigenvalue weighted by Gasteiger charge is -2.11. The Balaban J connectivity index is 0.00000136. The van der Waals surface area contributed by atoms with Crippen molar-refractivity contribution < 1.29 is 24.5 Å². The maximum Gasteiger partial charge on any atom is 0.197 e. The molecule has 0 fully saturated rings. The number of carbonyl (C=O) groups is 1. The molecule has 28 heavy (non-hydrogen) atoms. The highest BCUT2D eigenvalue weighted by atomic mass is 79.9. The Morgan fingerprint density at radius 1 is 1.11 bits per heavy atom. The van der Waals surface area contributed by atoms with Crippen LogP contribution in [0, 0.1) is 0 Å². The quantitative estimate of drug-likeness (QED) is 0.279. The van der Waals surface area contributed by atoms with Gasteiger partial charge in [0.1, 0.15) is 46.4 Å². The summed E-state index contributed by atoms with van der Waals surface area (Å²) in [7, 11) is 17.6. The molecule has 0 saturated carbocycles. The summed E-state index contributed by atoms with van der Waals surface area (Å²) in [6, 6.07) is 4.25. The van der Waals surface area contributed by atoms with Crippen molar-refractivity contribution in [3.63, 3.8) is 0 Å². The van der Waals surface area contributed by atoms with Crippen LogP contribution >= 0.6 is 31.9 Å². The van der Waals surface area contributed by atoms with Gasteiger partial charge in [0.2, 0.25) is 0 Å². The van der Waals surface area contributed by atoms with Crippen molar-refractivity contribution in [1.82, 2.24) is 0 Å². The number of rotatable bonds is 4. The number of hydrogen-bond acceptors (Lipinski definition) is 5. The second-order valence-corrected chi connectivity index (χ2v) is 6.52. The standard InChI is InChI=1S/C17H10B3BrO5.CH3Br/c18-12-11-10(15(24)6-1-2-8(23)7(21)5-6)9(3-4-22)26-17(11)14(20)16(25)13(12)19;1-2/h1-2,5,22-23,25H,3-4H2;1H3. The number of benzene rings is 2. The highest BCUT2D eigenvalue weighted by Gasteiger charge is 2.26. The number of phenolic OH excluding ortho intramolecular Hbond substituents is 2. The minimum atomic E-state index is -0.455. The van der Waals surface area contributed by atoms with Crippen molar-refractivity contribution in [3.05, 3.63) is 39.6 Å². The van der Waals surface area contributed by atoms with Crippen molar-refractivity contribution in [2.24, 2.45) is 0 Å². The Kier molecular flexibility index (Phi) is 7.48. The molecule has 0 aliphatic rings. The number of phenols is 2. The van der Waals surface area contributed by atoms with Gasteiger partial charge in [-0.25, -0.2) is 0 Å². The third-order valence-electron chi connectivity index (χ3n) is 4.07. The molecule has 0 spiro atoms. The molecular formula is C18H13B3Br2O5. The molecule has 0 aliphatic carbocycles. The summed E-state index contributed by atoms with van der Waals surface area (Å²) >= 11 is 6.10. The zero-order valence-electron chi connectivity index (χ0n) is 14.8. The van der Waals surface area contributed by atoms with Crippen molar-refractivity contribution in [2.45, 2.75) is 6.42 Å². The van der Waals surface area contributed by atoms with Gasteiger partial charge in [-0.05, 0) is 45.4 Å². The Labute approximate surface area is 182 Å². The van der Waals surface area contributed by atoms with E-state index in [1.165, 1.54) is 18.2 Å². The molecule has 0 bridgehead atoms. The lowest BCUT2D eigenvalue weighted by Crippen LogP contribution is -2.32. The van der Waals surface area contributed by atoms with E-state index in [1.54, 1.807) is 0 Å². The van der Waals surface area contributed by atoms with Gasteiger partial charge in [-0.15, -0.1) is 0 Å². The highest BCUT2D eigenvalue weighted by molar-refractivity contribution is 9.10. The maximum absolute atomic E-state index is 13.1. The van der Waals surface area contributed by atoms with Crippen LogP contribution < -0.4 is 16.4 Å². The summed E-state index contributed by atoms with van der Waals surface area (Å²) in [5.41, 5.74) is 0.0347. The van der Waals surface area contributed by atoms with Crippen LogP contribution in [-0.2, 0) is 6.42 Å². The summed E-state index contributed by atoms with van der Waals surface area (Å²) in [6.45, 7) is -0.277. The number of furan rings is 1. The molecule has 5 nitrogen and oxygen atoms in total. The van der Waals surface area contributed by atoms with Gasteiger partial charge in [-0.2, -0.15) is 0 Å². The Bertz CT molecular complexity index is 1050. The van der Waals surface area contributed by atoms with Gasteiger partial charge in [0.25, 0.3) is 0 Å². The second kappa shape index (κ2) is 9.24. The number of alkyl halides is 1. The monoisotopic (exact) mass is 500 g/mol. The van der Waals surface area contributed by atoms with E-state index in [1.807, 2.05) is 5.83 Å². The largest absolute Gasteiger partial charge is 0.509 e.